The molecule has 3 heterocycles. The Morgan fingerprint density at radius 3 is 2.58 bits per heavy atom. The number of carbonyl (C=O) groups excluding carboxylic acids is 5. The average Bonchev–Trinajstić information content (AvgIpc) is 2.93. The number of aliphatic hydroxyl groups is 1. The molecule has 0 aromatic heterocycles. The summed E-state index contributed by atoms with van der Waals surface area (Å²) in [6.45, 7) is 3.59. The minimum atomic E-state index is -1.62. The summed E-state index contributed by atoms with van der Waals surface area (Å²) in [7, 11) is 0. The number of fused-ring (bicyclic) bond motifs is 2. The highest BCUT2D eigenvalue weighted by Gasteiger charge is 2.65. The molecule has 10 nitrogen and oxygen atoms in total. The monoisotopic (exact) mass is 448 g/mol. The number of carbonyl (C=O) groups is 5. The van der Waals surface area contributed by atoms with Gasteiger partial charge < -0.3 is 19.5 Å². The summed E-state index contributed by atoms with van der Waals surface area (Å²) in [6, 6.07) is 2.47. The van der Waals surface area contributed by atoms with Crippen molar-refractivity contribution in [3.63, 3.8) is 0 Å². The van der Waals surface area contributed by atoms with Crippen molar-refractivity contribution in [2.45, 2.75) is 43.8 Å². The van der Waals surface area contributed by atoms with Gasteiger partial charge in [-0.25, -0.2) is 4.79 Å². The van der Waals surface area contributed by atoms with Crippen LogP contribution in [0.1, 0.15) is 40.1 Å². The van der Waals surface area contributed by atoms with Gasteiger partial charge in [-0.1, -0.05) is 12.1 Å². The number of esters is 2. The molecule has 0 radical (unpaired) electrons. The molecule has 4 rings (SSSR count). The zero-order valence-electron chi connectivity index (χ0n) is 17.0. The second kappa shape index (κ2) is 7.34. The lowest BCUT2D eigenvalue weighted by Crippen LogP contribution is -2.79. The number of ether oxygens (including phenoxy) is 2. The Hall–Kier alpha value is -2.92. The molecule has 3 aliphatic rings. The molecular formula is C20H20N2O8S. The van der Waals surface area contributed by atoms with Gasteiger partial charge in [-0.05, 0) is 25.5 Å². The molecule has 0 aliphatic carbocycles. The number of amides is 3. The summed E-state index contributed by atoms with van der Waals surface area (Å²) in [5, 5.41) is 10.0. The number of hydrogen-bond acceptors (Lipinski definition) is 9. The van der Waals surface area contributed by atoms with E-state index in [0.717, 1.165) is 16.7 Å². The number of β-lactam (4-membered cyclic amide) rings is 1. The zero-order valence-corrected chi connectivity index (χ0v) is 17.8. The van der Waals surface area contributed by atoms with Crippen LogP contribution in [0.3, 0.4) is 0 Å². The third kappa shape index (κ3) is 3.19. The van der Waals surface area contributed by atoms with Crippen molar-refractivity contribution in [3.8, 4) is 0 Å². The SMILES string of the molecule is CC(=O)OCOC(=O)C1N2C(=O)C(N3C(=O)c4cccc(C)c4C3=O)[C@@H]2SC[C@@]1(C)O. The van der Waals surface area contributed by atoms with Gasteiger partial charge in [0.15, 0.2) is 6.04 Å². The van der Waals surface area contributed by atoms with Crippen LogP contribution >= 0.6 is 11.8 Å². The number of aryl methyl sites for hydroxylation is 1. The highest BCUT2D eigenvalue weighted by molar-refractivity contribution is 8.00. The topological polar surface area (TPSA) is 131 Å². The minimum Gasteiger partial charge on any atom is -0.428 e. The Morgan fingerprint density at radius 2 is 1.94 bits per heavy atom. The lowest BCUT2D eigenvalue weighted by atomic mass is 9.90. The molecule has 1 aromatic carbocycles. The van der Waals surface area contributed by atoms with Crippen molar-refractivity contribution in [1.82, 2.24) is 9.80 Å². The molecule has 0 bridgehead atoms. The van der Waals surface area contributed by atoms with E-state index < -0.39 is 59.5 Å². The van der Waals surface area contributed by atoms with Crippen LogP contribution in [-0.4, -0.2) is 80.2 Å². The van der Waals surface area contributed by atoms with Gasteiger partial charge in [0.2, 0.25) is 6.79 Å². The van der Waals surface area contributed by atoms with Gasteiger partial charge in [0, 0.05) is 12.7 Å². The van der Waals surface area contributed by atoms with Gasteiger partial charge in [0.25, 0.3) is 17.7 Å². The summed E-state index contributed by atoms with van der Waals surface area (Å²) in [4.78, 5) is 64.5. The average molecular weight is 448 g/mol. The molecule has 4 atom stereocenters. The summed E-state index contributed by atoms with van der Waals surface area (Å²) in [6.07, 6.45) is 0. The van der Waals surface area contributed by atoms with E-state index in [-0.39, 0.29) is 16.9 Å². The van der Waals surface area contributed by atoms with E-state index in [1.165, 1.54) is 24.8 Å². The first-order chi connectivity index (χ1) is 14.6. The van der Waals surface area contributed by atoms with Crippen LogP contribution < -0.4 is 0 Å². The fourth-order valence-electron chi connectivity index (χ4n) is 4.13. The number of nitrogens with zero attached hydrogens (tertiary/aromatic N) is 2. The summed E-state index contributed by atoms with van der Waals surface area (Å²) in [5.74, 6) is -3.29. The van der Waals surface area contributed by atoms with Crippen LogP contribution in [0.2, 0.25) is 0 Å². The lowest BCUT2D eigenvalue weighted by molar-refractivity contribution is -0.187. The maximum atomic E-state index is 13.1. The van der Waals surface area contributed by atoms with E-state index >= 15 is 0 Å². The number of rotatable bonds is 4. The van der Waals surface area contributed by atoms with Crippen LogP contribution in [0.4, 0.5) is 0 Å². The van der Waals surface area contributed by atoms with Crippen LogP contribution in [0.25, 0.3) is 0 Å². The third-order valence-electron chi connectivity index (χ3n) is 5.58. The fraction of sp³-hybridized carbons (Fsp3) is 0.450. The molecule has 3 aliphatic heterocycles. The molecule has 31 heavy (non-hydrogen) atoms. The second-order valence-electron chi connectivity index (χ2n) is 7.85. The Morgan fingerprint density at radius 1 is 1.23 bits per heavy atom. The molecule has 1 N–H and O–H groups in total. The normalized spacial score (nSPS) is 29.3. The van der Waals surface area contributed by atoms with E-state index in [9.17, 15) is 29.1 Å². The van der Waals surface area contributed by atoms with Crippen molar-refractivity contribution in [2.75, 3.05) is 12.5 Å². The number of benzene rings is 1. The third-order valence-corrected chi connectivity index (χ3v) is 7.16. The predicted octanol–water partition coefficient (Wildman–Crippen LogP) is 0.0581. The van der Waals surface area contributed by atoms with E-state index in [4.69, 9.17) is 4.74 Å². The molecule has 0 spiro atoms. The van der Waals surface area contributed by atoms with Crippen molar-refractivity contribution < 1.29 is 38.6 Å². The molecule has 2 fully saturated rings. The second-order valence-corrected chi connectivity index (χ2v) is 8.95. The van der Waals surface area contributed by atoms with Gasteiger partial charge in [-0.3, -0.25) is 24.1 Å². The van der Waals surface area contributed by atoms with E-state index in [0.29, 0.717) is 5.56 Å². The lowest BCUT2D eigenvalue weighted by Gasteiger charge is -2.57. The maximum Gasteiger partial charge on any atom is 0.334 e. The Kier molecular flexibility index (Phi) is 5.05. The first-order valence-corrected chi connectivity index (χ1v) is 10.5. The van der Waals surface area contributed by atoms with Crippen molar-refractivity contribution in [2.24, 2.45) is 0 Å². The maximum absolute atomic E-state index is 13.1. The molecule has 0 saturated carbocycles. The predicted molar refractivity (Wildman–Crippen MR) is 106 cm³/mol. The fourth-order valence-corrected chi connectivity index (χ4v) is 5.60. The van der Waals surface area contributed by atoms with Gasteiger partial charge in [0.05, 0.1) is 11.1 Å². The Bertz CT molecular complexity index is 1020. The van der Waals surface area contributed by atoms with Crippen LogP contribution in [-0.2, 0) is 23.9 Å². The van der Waals surface area contributed by atoms with Gasteiger partial charge in [-0.2, -0.15) is 0 Å². The van der Waals surface area contributed by atoms with Crippen molar-refractivity contribution >= 4 is 41.4 Å². The molecule has 1 aromatic rings. The highest BCUT2D eigenvalue weighted by Crippen LogP contribution is 2.46. The van der Waals surface area contributed by atoms with Crippen LogP contribution in [0, 0.1) is 6.92 Å². The number of hydrogen-bond donors (Lipinski definition) is 1. The largest absolute Gasteiger partial charge is 0.428 e. The van der Waals surface area contributed by atoms with E-state index in [2.05, 4.69) is 4.74 Å². The molecular weight excluding hydrogens is 428 g/mol. The molecule has 2 saturated heterocycles. The molecule has 11 heteroatoms. The number of imide groups is 1. The van der Waals surface area contributed by atoms with E-state index in [1.54, 1.807) is 19.1 Å². The van der Waals surface area contributed by atoms with E-state index in [1.807, 2.05) is 0 Å². The Labute approximate surface area is 181 Å². The van der Waals surface area contributed by atoms with Gasteiger partial charge in [-0.15, -0.1) is 11.8 Å². The molecule has 3 amide bonds. The molecule has 2 unspecified atom stereocenters. The summed E-state index contributed by atoms with van der Waals surface area (Å²) < 4.78 is 9.49. The highest BCUT2D eigenvalue weighted by atomic mass is 32.2. The summed E-state index contributed by atoms with van der Waals surface area (Å²) in [5.41, 5.74) is -0.480. The molecule has 164 valence electrons. The smallest absolute Gasteiger partial charge is 0.334 e. The zero-order chi connectivity index (χ0) is 22.7. The van der Waals surface area contributed by atoms with Crippen molar-refractivity contribution in [1.29, 1.82) is 0 Å². The number of thioether (sulfide) groups is 1. The van der Waals surface area contributed by atoms with Gasteiger partial charge in [0.1, 0.15) is 17.0 Å². The first-order valence-electron chi connectivity index (χ1n) is 9.50. The Balaban J connectivity index is 1.58. The first kappa shape index (κ1) is 21.3. The standard InChI is InChI=1S/C20H20N2O8S/c1-9-5-4-6-11-12(9)16(25)21(15(11)24)13-17(26)22-14(19(27)30-8-29-10(2)23)20(3,28)7-31-18(13)22/h4-6,13-14,18,28H,7-8H2,1-3H3/t13?,14?,18-,20+/m0/s1. The van der Waals surface area contributed by atoms with Crippen molar-refractivity contribution in [3.05, 3.63) is 34.9 Å². The summed E-state index contributed by atoms with van der Waals surface area (Å²) >= 11 is 1.17. The van der Waals surface area contributed by atoms with Crippen LogP contribution in [0.5, 0.6) is 0 Å². The van der Waals surface area contributed by atoms with Gasteiger partial charge >= 0.3 is 11.9 Å². The van der Waals surface area contributed by atoms with Crippen LogP contribution in [0.15, 0.2) is 18.2 Å². The quantitative estimate of drug-likeness (QED) is 0.294. The minimum absolute atomic E-state index is 0.0630.